The molecule has 0 aromatic rings. The number of rotatable bonds is 6. The van der Waals surface area contributed by atoms with Gasteiger partial charge in [0.05, 0.1) is 5.60 Å². The van der Waals surface area contributed by atoms with Gasteiger partial charge >= 0.3 is 6.18 Å². The van der Waals surface area contributed by atoms with Crippen molar-refractivity contribution >= 4 is 0 Å². The second kappa shape index (κ2) is 7.34. The molecule has 0 aromatic carbocycles. The van der Waals surface area contributed by atoms with Crippen LogP contribution in [0.5, 0.6) is 0 Å². The fourth-order valence-corrected chi connectivity index (χ4v) is 2.63. The Morgan fingerprint density at radius 1 is 1.11 bits per heavy atom. The Morgan fingerprint density at radius 2 is 1.72 bits per heavy atom. The van der Waals surface area contributed by atoms with Crippen LogP contribution in [0.4, 0.5) is 13.2 Å². The Labute approximate surface area is 107 Å². The third-order valence-electron chi connectivity index (χ3n) is 3.53. The van der Waals surface area contributed by atoms with Crippen LogP contribution in [0.1, 0.15) is 51.4 Å². The summed E-state index contributed by atoms with van der Waals surface area (Å²) in [6, 6.07) is 0. The summed E-state index contributed by atoms with van der Waals surface area (Å²) < 4.78 is 42.0. The predicted octanol–water partition coefficient (Wildman–Crippen LogP) is 3.66. The molecule has 2 nitrogen and oxygen atoms in total. The number of nitrogens with one attached hydrogen (secondary N) is 1. The van der Waals surface area contributed by atoms with Crippen LogP contribution < -0.4 is 5.32 Å². The van der Waals surface area contributed by atoms with Crippen LogP contribution in [-0.4, -0.2) is 32.0 Å². The van der Waals surface area contributed by atoms with Crippen LogP contribution in [0.25, 0.3) is 0 Å². The first-order valence-electron chi connectivity index (χ1n) is 6.83. The number of hydrogen-bond donors (Lipinski definition) is 1. The van der Waals surface area contributed by atoms with Crippen LogP contribution in [0.15, 0.2) is 0 Å². The van der Waals surface area contributed by atoms with Crippen molar-refractivity contribution in [2.45, 2.75) is 63.1 Å². The standard InChI is InChI=1S/C13H24F3NO/c1-17-11-12(7-4-2-3-5-8-12)18-10-6-9-13(14,15)16/h17H,2-11H2,1H3. The van der Waals surface area contributed by atoms with Gasteiger partial charge in [0.1, 0.15) is 0 Å². The van der Waals surface area contributed by atoms with Gasteiger partial charge in [0.2, 0.25) is 0 Å². The number of alkyl halides is 3. The molecular formula is C13H24F3NO. The lowest BCUT2D eigenvalue weighted by atomic mass is 9.94. The van der Waals surface area contributed by atoms with Gasteiger partial charge in [0, 0.05) is 19.6 Å². The Kier molecular flexibility index (Phi) is 6.43. The summed E-state index contributed by atoms with van der Waals surface area (Å²) >= 11 is 0. The van der Waals surface area contributed by atoms with Crippen LogP contribution in [0, 0.1) is 0 Å². The third kappa shape index (κ3) is 6.05. The highest BCUT2D eigenvalue weighted by Crippen LogP contribution is 2.31. The molecule has 108 valence electrons. The number of halogens is 3. The van der Waals surface area contributed by atoms with Crippen LogP contribution >= 0.6 is 0 Å². The first kappa shape index (κ1) is 15.8. The molecule has 0 radical (unpaired) electrons. The molecule has 0 unspecified atom stereocenters. The maximum Gasteiger partial charge on any atom is 0.389 e. The van der Waals surface area contributed by atoms with Gasteiger partial charge in [0.25, 0.3) is 0 Å². The van der Waals surface area contributed by atoms with E-state index in [0.717, 1.165) is 32.2 Å². The first-order valence-corrected chi connectivity index (χ1v) is 6.83. The molecule has 0 amide bonds. The van der Waals surface area contributed by atoms with E-state index in [1.54, 1.807) is 0 Å². The van der Waals surface area contributed by atoms with Gasteiger partial charge in [-0.2, -0.15) is 13.2 Å². The van der Waals surface area contributed by atoms with Gasteiger partial charge in [-0.25, -0.2) is 0 Å². The summed E-state index contributed by atoms with van der Waals surface area (Å²) in [5.41, 5.74) is -0.239. The van der Waals surface area contributed by atoms with Gasteiger partial charge in [-0.15, -0.1) is 0 Å². The molecule has 0 aromatic heterocycles. The SMILES string of the molecule is CNCC1(OCCCC(F)(F)F)CCCCCC1. The quantitative estimate of drug-likeness (QED) is 0.586. The van der Waals surface area contributed by atoms with E-state index in [9.17, 15) is 13.2 Å². The summed E-state index contributed by atoms with van der Waals surface area (Å²) in [6.45, 7) is 0.945. The molecule has 0 saturated heterocycles. The normalized spacial score (nSPS) is 20.7. The topological polar surface area (TPSA) is 21.3 Å². The highest BCUT2D eigenvalue weighted by atomic mass is 19.4. The molecule has 1 N–H and O–H groups in total. The second-order valence-electron chi connectivity index (χ2n) is 5.19. The molecule has 1 rings (SSSR count). The molecule has 0 bridgehead atoms. The average Bonchev–Trinajstić information content (AvgIpc) is 2.50. The minimum Gasteiger partial charge on any atom is -0.374 e. The highest BCUT2D eigenvalue weighted by molar-refractivity contribution is 4.85. The van der Waals surface area contributed by atoms with Crippen molar-refractivity contribution in [2.75, 3.05) is 20.2 Å². The molecule has 1 aliphatic rings. The van der Waals surface area contributed by atoms with Crippen molar-refractivity contribution in [3.8, 4) is 0 Å². The molecule has 0 atom stereocenters. The maximum atomic E-state index is 12.1. The van der Waals surface area contributed by atoms with Crippen LogP contribution in [0.2, 0.25) is 0 Å². The Bertz CT molecular complexity index is 223. The van der Waals surface area contributed by atoms with Gasteiger partial charge in [-0.05, 0) is 26.3 Å². The molecule has 18 heavy (non-hydrogen) atoms. The average molecular weight is 267 g/mol. The number of likely N-dealkylation sites (N-methyl/N-ethyl adjacent to an activating group) is 1. The lowest BCUT2D eigenvalue weighted by Crippen LogP contribution is -2.42. The van der Waals surface area contributed by atoms with E-state index in [1.807, 2.05) is 7.05 Å². The van der Waals surface area contributed by atoms with E-state index in [-0.39, 0.29) is 18.6 Å². The van der Waals surface area contributed by atoms with Crippen molar-refractivity contribution in [1.29, 1.82) is 0 Å². The smallest absolute Gasteiger partial charge is 0.374 e. The van der Waals surface area contributed by atoms with Crippen LogP contribution in [-0.2, 0) is 4.74 Å². The Morgan fingerprint density at radius 3 is 2.22 bits per heavy atom. The van der Waals surface area contributed by atoms with E-state index in [0.29, 0.717) is 0 Å². The number of hydrogen-bond acceptors (Lipinski definition) is 2. The van der Waals surface area contributed by atoms with Gasteiger partial charge < -0.3 is 10.1 Å². The number of ether oxygens (including phenoxy) is 1. The molecule has 0 aliphatic heterocycles. The molecule has 0 heterocycles. The zero-order valence-corrected chi connectivity index (χ0v) is 11.1. The summed E-state index contributed by atoms with van der Waals surface area (Å²) in [5.74, 6) is 0. The first-order chi connectivity index (χ1) is 8.47. The molecule has 1 saturated carbocycles. The lowest BCUT2D eigenvalue weighted by molar-refractivity contribution is -0.142. The fourth-order valence-electron chi connectivity index (χ4n) is 2.63. The Balaban J connectivity index is 2.36. The summed E-state index contributed by atoms with van der Waals surface area (Å²) in [7, 11) is 1.87. The zero-order chi connectivity index (χ0) is 13.5. The van der Waals surface area contributed by atoms with E-state index < -0.39 is 12.6 Å². The van der Waals surface area contributed by atoms with Gasteiger partial charge in [0.15, 0.2) is 0 Å². The van der Waals surface area contributed by atoms with Crippen molar-refractivity contribution in [1.82, 2.24) is 5.32 Å². The van der Waals surface area contributed by atoms with Crippen molar-refractivity contribution in [3.05, 3.63) is 0 Å². The molecule has 0 spiro atoms. The molecule has 1 fully saturated rings. The molecule has 5 heteroatoms. The summed E-state index contributed by atoms with van der Waals surface area (Å²) in [6.07, 6.45) is 1.80. The van der Waals surface area contributed by atoms with Crippen molar-refractivity contribution in [2.24, 2.45) is 0 Å². The highest BCUT2D eigenvalue weighted by Gasteiger charge is 2.32. The lowest BCUT2D eigenvalue weighted by Gasteiger charge is -2.33. The molecular weight excluding hydrogens is 243 g/mol. The van der Waals surface area contributed by atoms with Gasteiger partial charge in [-0.3, -0.25) is 0 Å². The van der Waals surface area contributed by atoms with Crippen molar-refractivity contribution in [3.63, 3.8) is 0 Å². The van der Waals surface area contributed by atoms with Crippen LogP contribution in [0.3, 0.4) is 0 Å². The van der Waals surface area contributed by atoms with E-state index in [1.165, 1.54) is 12.8 Å². The summed E-state index contributed by atoms with van der Waals surface area (Å²) in [5, 5.41) is 3.12. The zero-order valence-electron chi connectivity index (χ0n) is 11.1. The summed E-state index contributed by atoms with van der Waals surface area (Å²) in [4.78, 5) is 0. The second-order valence-corrected chi connectivity index (χ2v) is 5.19. The monoisotopic (exact) mass is 267 g/mol. The van der Waals surface area contributed by atoms with E-state index in [2.05, 4.69) is 5.32 Å². The third-order valence-corrected chi connectivity index (χ3v) is 3.53. The predicted molar refractivity (Wildman–Crippen MR) is 65.6 cm³/mol. The largest absolute Gasteiger partial charge is 0.389 e. The Hall–Kier alpha value is -0.290. The molecule has 1 aliphatic carbocycles. The maximum absolute atomic E-state index is 12.1. The minimum atomic E-state index is -4.07. The van der Waals surface area contributed by atoms with E-state index in [4.69, 9.17) is 4.74 Å². The van der Waals surface area contributed by atoms with Crippen molar-refractivity contribution < 1.29 is 17.9 Å². The fraction of sp³-hybridized carbons (Fsp3) is 1.00. The minimum absolute atomic E-state index is 0.0644. The van der Waals surface area contributed by atoms with E-state index >= 15 is 0 Å². The van der Waals surface area contributed by atoms with Gasteiger partial charge in [-0.1, -0.05) is 25.7 Å².